The number of phenolic OH excluding ortho intramolecular Hbond substituents is 1. The van der Waals surface area contributed by atoms with Gasteiger partial charge < -0.3 is 15.4 Å². The number of phenols is 1. The molecule has 0 amide bonds. The van der Waals surface area contributed by atoms with E-state index in [-0.39, 0.29) is 0 Å². The van der Waals surface area contributed by atoms with Crippen molar-refractivity contribution in [2.75, 3.05) is 0 Å². The van der Waals surface area contributed by atoms with Crippen LogP contribution in [0.4, 0.5) is 0 Å². The summed E-state index contributed by atoms with van der Waals surface area (Å²) in [5.74, 6) is 0.320. The summed E-state index contributed by atoms with van der Waals surface area (Å²) in [5.41, 5.74) is 10.0. The molecule has 0 aliphatic rings. The molecular formula is C12H16N2O. The lowest BCUT2D eigenvalue weighted by Crippen LogP contribution is -1.99. The molecule has 0 saturated carbocycles. The minimum atomic E-state index is 0.320. The zero-order chi connectivity index (χ0) is 11.2. The third-order valence-corrected chi connectivity index (χ3v) is 3.15. The molecule has 0 saturated heterocycles. The summed E-state index contributed by atoms with van der Waals surface area (Å²) in [6.07, 6.45) is 0. The number of fused-ring (bicyclic) bond motifs is 1. The van der Waals surface area contributed by atoms with Crippen molar-refractivity contribution in [2.45, 2.75) is 20.4 Å². The van der Waals surface area contributed by atoms with Crippen molar-refractivity contribution in [3.63, 3.8) is 0 Å². The van der Waals surface area contributed by atoms with Crippen molar-refractivity contribution in [3.8, 4) is 5.75 Å². The molecule has 0 fully saturated rings. The van der Waals surface area contributed by atoms with E-state index in [2.05, 4.69) is 0 Å². The predicted molar refractivity (Wildman–Crippen MR) is 61.9 cm³/mol. The van der Waals surface area contributed by atoms with E-state index in [1.165, 1.54) is 0 Å². The van der Waals surface area contributed by atoms with Gasteiger partial charge in [-0.25, -0.2) is 0 Å². The van der Waals surface area contributed by atoms with Crippen LogP contribution in [-0.2, 0) is 13.6 Å². The predicted octanol–water partition coefficient (Wildman–Crippen LogP) is 1.96. The fourth-order valence-corrected chi connectivity index (χ4v) is 2.20. The number of hydrogen-bond donors (Lipinski definition) is 2. The van der Waals surface area contributed by atoms with Crippen molar-refractivity contribution in [3.05, 3.63) is 29.0 Å². The molecule has 1 aromatic heterocycles. The van der Waals surface area contributed by atoms with Crippen molar-refractivity contribution in [2.24, 2.45) is 12.8 Å². The molecule has 0 atom stereocenters. The first-order chi connectivity index (χ1) is 7.07. The van der Waals surface area contributed by atoms with Crippen LogP contribution in [0.15, 0.2) is 12.1 Å². The zero-order valence-corrected chi connectivity index (χ0v) is 9.33. The summed E-state index contributed by atoms with van der Waals surface area (Å²) >= 11 is 0. The monoisotopic (exact) mass is 204 g/mol. The Kier molecular flexibility index (Phi) is 2.20. The van der Waals surface area contributed by atoms with Gasteiger partial charge in [0, 0.05) is 24.7 Å². The molecule has 80 valence electrons. The Morgan fingerprint density at radius 2 is 2.00 bits per heavy atom. The second kappa shape index (κ2) is 3.28. The van der Waals surface area contributed by atoms with Gasteiger partial charge in [-0.15, -0.1) is 0 Å². The van der Waals surface area contributed by atoms with Crippen LogP contribution in [-0.4, -0.2) is 9.67 Å². The summed E-state index contributed by atoms with van der Waals surface area (Å²) in [7, 11) is 1.95. The minimum absolute atomic E-state index is 0.320. The van der Waals surface area contributed by atoms with Gasteiger partial charge in [-0.05, 0) is 31.0 Å². The molecular weight excluding hydrogens is 188 g/mol. The average molecular weight is 204 g/mol. The van der Waals surface area contributed by atoms with Crippen LogP contribution in [0.25, 0.3) is 10.9 Å². The number of nitrogens with two attached hydrogens (primary N) is 1. The van der Waals surface area contributed by atoms with Gasteiger partial charge in [0.15, 0.2) is 0 Å². The van der Waals surface area contributed by atoms with E-state index in [0.717, 1.165) is 27.7 Å². The molecule has 1 heterocycles. The first-order valence-electron chi connectivity index (χ1n) is 5.04. The lowest BCUT2D eigenvalue weighted by molar-refractivity contribution is 0.478. The number of hydrogen-bond acceptors (Lipinski definition) is 2. The van der Waals surface area contributed by atoms with Crippen LogP contribution in [0.5, 0.6) is 5.75 Å². The maximum Gasteiger partial charge on any atom is 0.139 e. The van der Waals surface area contributed by atoms with Crippen molar-refractivity contribution in [1.29, 1.82) is 0 Å². The van der Waals surface area contributed by atoms with Crippen LogP contribution in [0.3, 0.4) is 0 Å². The fraction of sp³-hybridized carbons (Fsp3) is 0.333. The first kappa shape index (κ1) is 10.1. The van der Waals surface area contributed by atoms with Crippen LogP contribution < -0.4 is 5.73 Å². The van der Waals surface area contributed by atoms with Crippen LogP contribution in [0.2, 0.25) is 0 Å². The van der Waals surface area contributed by atoms with Gasteiger partial charge in [-0.1, -0.05) is 6.07 Å². The van der Waals surface area contributed by atoms with Gasteiger partial charge in [-0.3, -0.25) is 0 Å². The zero-order valence-electron chi connectivity index (χ0n) is 9.33. The van der Waals surface area contributed by atoms with Crippen LogP contribution >= 0.6 is 0 Å². The number of nitrogens with zero attached hydrogens (tertiary/aromatic N) is 1. The Hall–Kier alpha value is -1.48. The van der Waals surface area contributed by atoms with Crippen LogP contribution in [0, 0.1) is 13.8 Å². The maximum absolute atomic E-state index is 9.85. The van der Waals surface area contributed by atoms with E-state index in [4.69, 9.17) is 5.73 Å². The molecule has 0 unspecified atom stereocenters. The highest BCUT2D eigenvalue weighted by molar-refractivity contribution is 5.92. The normalized spacial score (nSPS) is 11.2. The minimum Gasteiger partial charge on any atom is -0.506 e. The summed E-state index contributed by atoms with van der Waals surface area (Å²) in [6, 6.07) is 3.66. The molecule has 3 N–H and O–H groups in total. The van der Waals surface area contributed by atoms with Crippen LogP contribution in [0.1, 0.15) is 16.8 Å². The molecule has 0 aliphatic heterocycles. The van der Waals surface area contributed by atoms with E-state index in [1.807, 2.05) is 31.5 Å². The van der Waals surface area contributed by atoms with Crippen molar-refractivity contribution < 1.29 is 5.11 Å². The quantitative estimate of drug-likeness (QED) is 0.746. The van der Waals surface area contributed by atoms with Gasteiger partial charge in [0.05, 0.1) is 5.52 Å². The fourth-order valence-electron chi connectivity index (χ4n) is 2.20. The molecule has 0 aliphatic carbocycles. The summed E-state index contributed by atoms with van der Waals surface area (Å²) in [6.45, 7) is 4.58. The summed E-state index contributed by atoms with van der Waals surface area (Å²) < 4.78 is 2.00. The molecule has 2 aromatic rings. The van der Waals surface area contributed by atoms with Gasteiger partial charge in [-0.2, -0.15) is 0 Å². The van der Waals surface area contributed by atoms with E-state index in [9.17, 15) is 5.11 Å². The summed E-state index contributed by atoms with van der Waals surface area (Å²) in [4.78, 5) is 0. The molecule has 0 bridgehead atoms. The molecule has 2 rings (SSSR count). The molecule has 15 heavy (non-hydrogen) atoms. The average Bonchev–Trinajstić information content (AvgIpc) is 2.47. The molecule has 3 heteroatoms. The van der Waals surface area contributed by atoms with Crippen molar-refractivity contribution in [1.82, 2.24) is 4.57 Å². The lowest BCUT2D eigenvalue weighted by Gasteiger charge is -2.02. The van der Waals surface area contributed by atoms with E-state index >= 15 is 0 Å². The molecule has 0 spiro atoms. The highest BCUT2D eigenvalue weighted by Crippen LogP contribution is 2.33. The molecule has 0 radical (unpaired) electrons. The largest absolute Gasteiger partial charge is 0.506 e. The highest BCUT2D eigenvalue weighted by atomic mass is 16.3. The second-order valence-electron chi connectivity index (χ2n) is 3.95. The Morgan fingerprint density at radius 1 is 1.33 bits per heavy atom. The van der Waals surface area contributed by atoms with Gasteiger partial charge >= 0.3 is 0 Å². The third kappa shape index (κ3) is 1.23. The Morgan fingerprint density at radius 3 is 2.60 bits per heavy atom. The highest BCUT2D eigenvalue weighted by Gasteiger charge is 2.15. The van der Waals surface area contributed by atoms with E-state index in [0.29, 0.717) is 12.3 Å². The number of aromatic hydroxyl groups is 1. The van der Waals surface area contributed by atoms with E-state index in [1.54, 1.807) is 6.07 Å². The molecule has 1 aromatic carbocycles. The first-order valence-corrected chi connectivity index (χ1v) is 5.04. The molecule has 3 nitrogen and oxygen atoms in total. The van der Waals surface area contributed by atoms with E-state index < -0.39 is 0 Å². The van der Waals surface area contributed by atoms with Crippen molar-refractivity contribution >= 4 is 10.9 Å². The smallest absolute Gasteiger partial charge is 0.139 e. The SMILES string of the molecule is Cc1ccc(O)c2c1c(CN)c(C)n2C. The number of aryl methyl sites for hydroxylation is 2. The van der Waals surface area contributed by atoms with Gasteiger partial charge in [0.25, 0.3) is 0 Å². The van der Waals surface area contributed by atoms with Gasteiger partial charge in [0.2, 0.25) is 0 Å². The van der Waals surface area contributed by atoms with Gasteiger partial charge in [0.1, 0.15) is 5.75 Å². The number of benzene rings is 1. The Balaban J connectivity index is 3.02. The second-order valence-corrected chi connectivity index (χ2v) is 3.95. The number of aromatic nitrogens is 1. The third-order valence-electron chi connectivity index (χ3n) is 3.15. The summed E-state index contributed by atoms with van der Waals surface area (Å²) in [5, 5.41) is 10.9. The Bertz CT molecular complexity index is 526. The Labute approximate surface area is 89.1 Å². The number of rotatable bonds is 1. The standard InChI is InChI=1S/C12H16N2O/c1-7-4-5-10(15)12-11(7)9(6-13)8(2)14(12)3/h4-5,15H,6,13H2,1-3H3. The topological polar surface area (TPSA) is 51.2 Å². The maximum atomic E-state index is 9.85. The lowest BCUT2D eigenvalue weighted by atomic mass is 10.1.